The molecule has 0 aromatic carbocycles. The standard InChI is InChI=1S/C9H13F2NO/c1-5-12-6(8(10)11)7(13-5)9(2,3)4/h8H,1-4H3. The van der Waals surface area contributed by atoms with Crippen LogP contribution in [0.25, 0.3) is 0 Å². The van der Waals surface area contributed by atoms with Gasteiger partial charge in [-0.3, -0.25) is 0 Å². The highest BCUT2D eigenvalue weighted by Crippen LogP contribution is 2.32. The Bertz CT molecular complexity index is 299. The number of aromatic nitrogens is 1. The van der Waals surface area contributed by atoms with E-state index in [9.17, 15) is 8.78 Å². The number of halogens is 2. The van der Waals surface area contributed by atoms with Crippen LogP contribution in [0.15, 0.2) is 4.42 Å². The SMILES string of the molecule is Cc1nc(C(F)F)c(C(C)(C)C)o1. The topological polar surface area (TPSA) is 26.0 Å². The first-order valence-corrected chi connectivity index (χ1v) is 4.08. The number of nitrogens with zero attached hydrogens (tertiary/aromatic N) is 1. The Labute approximate surface area is 76.0 Å². The Morgan fingerprint density at radius 1 is 1.31 bits per heavy atom. The number of oxazole rings is 1. The molecule has 1 rings (SSSR count). The van der Waals surface area contributed by atoms with Gasteiger partial charge in [0.2, 0.25) is 0 Å². The highest BCUT2D eigenvalue weighted by atomic mass is 19.3. The molecular weight excluding hydrogens is 176 g/mol. The van der Waals surface area contributed by atoms with Crippen LogP contribution in [0.3, 0.4) is 0 Å². The van der Waals surface area contributed by atoms with Crippen LogP contribution in [0.4, 0.5) is 8.78 Å². The maximum Gasteiger partial charge on any atom is 0.283 e. The predicted octanol–water partition coefficient (Wildman–Crippen LogP) is 3.22. The van der Waals surface area contributed by atoms with Crippen molar-refractivity contribution in [3.63, 3.8) is 0 Å². The molecule has 0 atom stereocenters. The Hall–Kier alpha value is -0.930. The molecule has 2 nitrogen and oxygen atoms in total. The average Bonchev–Trinajstić information content (AvgIpc) is 2.29. The average molecular weight is 189 g/mol. The number of aryl methyl sites for hydroxylation is 1. The van der Waals surface area contributed by atoms with Crippen LogP contribution in [0.2, 0.25) is 0 Å². The monoisotopic (exact) mass is 189 g/mol. The zero-order valence-corrected chi connectivity index (χ0v) is 8.19. The van der Waals surface area contributed by atoms with E-state index < -0.39 is 11.8 Å². The molecule has 13 heavy (non-hydrogen) atoms. The zero-order chi connectivity index (χ0) is 10.2. The molecule has 74 valence electrons. The fraction of sp³-hybridized carbons (Fsp3) is 0.667. The highest BCUT2D eigenvalue weighted by molar-refractivity contribution is 5.18. The zero-order valence-electron chi connectivity index (χ0n) is 8.19. The summed E-state index contributed by atoms with van der Waals surface area (Å²) in [5.74, 6) is 0.570. The van der Waals surface area contributed by atoms with Gasteiger partial charge in [-0.1, -0.05) is 20.8 Å². The van der Waals surface area contributed by atoms with Crippen LogP contribution >= 0.6 is 0 Å². The van der Waals surface area contributed by atoms with Gasteiger partial charge in [0.05, 0.1) is 0 Å². The summed E-state index contributed by atoms with van der Waals surface area (Å²) in [7, 11) is 0. The van der Waals surface area contributed by atoms with Gasteiger partial charge in [-0.15, -0.1) is 0 Å². The first-order chi connectivity index (χ1) is 5.82. The van der Waals surface area contributed by atoms with Crippen molar-refractivity contribution < 1.29 is 13.2 Å². The van der Waals surface area contributed by atoms with Crippen molar-refractivity contribution >= 4 is 0 Å². The smallest absolute Gasteiger partial charge is 0.283 e. The van der Waals surface area contributed by atoms with Crippen molar-refractivity contribution in [1.29, 1.82) is 0 Å². The van der Waals surface area contributed by atoms with Gasteiger partial charge in [0, 0.05) is 12.3 Å². The summed E-state index contributed by atoms with van der Waals surface area (Å²) in [5.41, 5.74) is -0.655. The Kier molecular flexibility index (Phi) is 2.41. The fourth-order valence-corrected chi connectivity index (χ4v) is 1.13. The van der Waals surface area contributed by atoms with Crippen molar-refractivity contribution in [3.8, 4) is 0 Å². The summed E-state index contributed by atoms with van der Waals surface area (Å²) in [6.45, 7) is 7.03. The van der Waals surface area contributed by atoms with Crippen molar-refractivity contribution in [1.82, 2.24) is 4.98 Å². The molecule has 0 radical (unpaired) electrons. The molecule has 1 heterocycles. The van der Waals surface area contributed by atoms with E-state index in [4.69, 9.17) is 4.42 Å². The molecule has 0 spiro atoms. The molecule has 4 heteroatoms. The second kappa shape index (κ2) is 3.09. The third kappa shape index (κ3) is 2.05. The third-order valence-electron chi connectivity index (χ3n) is 1.65. The lowest BCUT2D eigenvalue weighted by Gasteiger charge is -2.15. The molecule has 0 fully saturated rings. The fourth-order valence-electron chi connectivity index (χ4n) is 1.13. The van der Waals surface area contributed by atoms with Crippen LogP contribution in [-0.2, 0) is 5.41 Å². The summed E-state index contributed by atoms with van der Waals surface area (Å²) in [4.78, 5) is 3.66. The van der Waals surface area contributed by atoms with Crippen LogP contribution in [0, 0.1) is 6.92 Å². The number of alkyl halides is 2. The lowest BCUT2D eigenvalue weighted by atomic mass is 9.92. The minimum atomic E-state index is -2.56. The second-order valence-electron chi connectivity index (χ2n) is 4.00. The van der Waals surface area contributed by atoms with E-state index in [0.717, 1.165) is 0 Å². The molecule has 1 aromatic rings. The normalized spacial score (nSPS) is 12.5. The summed E-state index contributed by atoms with van der Waals surface area (Å²) < 4.78 is 30.0. The minimum absolute atomic E-state index is 0.231. The summed E-state index contributed by atoms with van der Waals surface area (Å²) in [5, 5.41) is 0. The van der Waals surface area contributed by atoms with E-state index in [2.05, 4.69) is 4.98 Å². The number of rotatable bonds is 1. The van der Waals surface area contributed by atoms with Crippen molar-refractivity contribution in [3.05, 3.63) is 17.3 Å². The van der Waals surface area contributed by atoms with Gasteiger partial charge >= 0.3 is 0 Å². The maximum atomic E-state index is 12.4. The van der Waals surface area contributed by atoms with Gasteiger partial charge in [0.25, 0.3) is 6.43 Å². The summed E-state index contributed by atoms with van der Waals surface area (Å²) in [6.07, 6.45) is -2.56. The molecule has 0 aliphatic heterocycles. The van der Waals surface area contributed by atoms with E-state index in [1.165, 1.54) is 0 Å². The molecule has 0 aliphatic carbocycles. The molecule has 0 bridgehead atoms. The van der Waals surface area contributed by atoms with Crippen LogP contribution in [0.1, 0.15) is 44.5 Å². The lowest BCUT2D eigenvalue weighted by Crippen LogP contribution is -2.12. The molecule has 0 amide bonds. The first-order valence-electron chi connectivity index (χ1n) is 4.08. The third-order valence-corrected chi connectivity index (χ3v) is 1.65. The van der Waals surface area contributed by atoms with Crippen molar-refractivity contribution in [2.24, 2.45) is 0 Å². The second-order valence-corrected chi connectivity index (χ2v) is 4.00. The lowest BCUT2D eigenvalue weighted by molar-refractivity contribution is 0.142. The van der Waals surface area contributed by atoms with Crippen molar-refractivity contribution in [2.45, 2.75) is 39.5 Å². The van der Waals surface area contributed by atoms with Gasteiger partial charge in [-0.25, -0.2) is 13.8 Å². The molecular formula is C9H13F2NO. The van der Waals surface area contributed by atoms with Crippen LogP contribution in [0.5, 0.6) is 0 Å². The minimum Gasteiger partial charge on any atom is -0.445 e. The highest BCUT2D eigenvalue weighted by Gasteiger charge is 2.28. The van der Waals surface area contributed by atoms with Gasteiger partial charge in [-0.2, -0.15) is 0 Å². The Morgan fingerprint density at radius 3 is 2.15 bits per heavy atom. The van der Waals surface area contributed by atoms with Gasteiger partial charge in [0.1, 0.15) is 11.5 Å². The van der Waals surface area contributed by atoms with E-state index in [1.807, 2.05) is 20.8 Å². The van der Waals surface area contributed by atoms with Crippen LogP contribution < -0.4 is 0 Å². The molecule has 0 saturated heterocycles. The molecule has 0 aliphatic rings. The predicted molar refractivity (Wildman–Crippen MR) is 44.9 cm³/mol. The van der Waals surface area contributed by atoms with Gasteiger partial charge in [-0.05, 0) is 0 Å². The maximum absolute atomic E-state index is 12.4. The van der Waals surface area contributed by atoms with Crippen molar-refractivity contribution in [2.75, 3.05) is 0 Å². The van der Waals surface area contributed by atoms with E-state index >= 15 is 0 Å². The van der Waals surface area contributed by atoms with Gasteiger partial charge in [0.15, 0.2) is 5.89 Å². The van der Waals surface area contributed by atoms with E-state index in [0.29, 0.717) is 5.89 Å². The van der Waals surface area contributed by atoms with Crippen LogP contribution in [-0.4, -0.2) is 4.98 Å². The summed E-state index contributed by atoms with van der Waals surface area (Å²) >= 11 is 0. The van der Waals surface area contributed by atoms with Gasteiger partial charge < -0.3 is 4.42 Å². The first kappa shape index (κ1) is 10.2. The Morgan fingerprint density at radius 2 is 1.85 bits per heavy atom. The Balaban J connectivity index is 3.20. The summed E-state index contributed by atoms with van der Waals surface area (Å²) in [6, 6.07) is 0. The largest absolute Gasteiger partial charge is 0.445 e. The van der Waals surface area contributed by atoms with E-state index in [1.54, 1.807) is 6.92 Å². The number of hydrogen-bond acceptors (Lipinski definition) is 2. The molecule has 0 N–H and O–H groups in total. The molecule has 1 aromatic heterocycles. The molecule has 0 unspecified atom stereocenters. The molecule has 0 saturated carbocycles. The number of hydrogen-bond donors (Lipinski definition) is 0. The van der Waals surface area contributed by atoms with E-state index in [-0.39, 0.29) is 11.5 Å². The quantitative estimate of drug-likeness (QED) is 0.677.